The molecule has 4 aromatic carbocycles. The molecule has 8 nitrogen and oxygen atoms in total. The minimum absolute atomic E-state index is 0.0176. The molecule has 0 radical (unpaired) electrons. The number of hydrogen-bond donors (Lipinski definition) is 1. The summed E-state index contributed by atoms with van der Waals surface area (Å²) >= 11 is 19.2. The standard InChI is InChI=1S/C37H38Cl3N3O5S/c1-25-12-17-31(18-13-25)49(46,47)43(33-22-29(39)16-19-35(33)48-2)24-36(44)42(23-27-14-15-28(38)21-32(27)40)34(20-26-8-4-3-5-9-26)37(45)41-30-10-6-7-11-30/h3-5,8-9,12-19,21-22,30,34H,6-7,10-11,20,23-24H2,1-2H3,(H,41,45)/t34-/m1/s1. The topological polar surface area (TPSA) is 96.0 Å². The molecule has 0 spiro atoms. The van der Waals surface area contributed by atoms with E-state index in [-0.39, 0.29) is 46.3 Å². The van der Waals surface area contributed by atoms with E-state index in [2.05, 4.69) is 5.32 Å². The van der Waals surface area contributed by atoms with Gasteiger partial charge in [0.1, 0.15) is 18.3 Å². The average Bonchev–Trinajstić information content (AvgIpc) is 3.59. The molecule has 0 aliphatic heterocycles. The van der Waals surface area contributed by atoms with Gasteiger partial charge in [0.25, 0.3) is 10.0 Å². The van der Waals surface area contributed by atoms with Gasteiger partial charge < -0.3 is 15.0 Å². The molecule has 4 aromatic rings. The van der Waals surface area contributed by atoms with Gasteiger partial charge in [-0.3, -0.25) is 13.9 Å². The van der Waals surface area contributed by atoms with Gasteiger partial charge in [0.05, 0.1) is 17.7 Å². The second-order valence-corrected chi connectivity index (χ2v) is 15.2. The van der Waals surface area contributed by atoms with Crippen molar-refractivity contribution in [2.45, 2.75) is 62.6 Å². The van der Waals surface area contributed by atoms with Crippen molar-refractivity contribution in [3.63, 3.8) is 0 Å². The van der Waals surface area contributed by atoms with Crippen LogP contribution in [0, 0.1) is 6.92 Å². The molecule has 1 aliphatic rings. The maximum absolute atomic E-state index is 14.8. The third-order valence-electron chi connectivity index (χ3n) is 8.63. The highest BCUT2D eigenvalue weighted by atomic mass is 35.5. The van der Waals surface area contributed by atoms with Gasteiger partial charge >= 0.3 is 0 Å². The molecule has 0 unspecified atom stereocenters. The third-order valence-corrected chi connectivity index (χ3v) is 11.2. The van der Waals surface area contributed by atoms with Crippen LogP contribution in [0.3, 0.4) is 0 Å². The van der Waals surface area contributed by atoms with E-state index >= 15 is 0 Å². The van der Waals surface area contributed by atoms with Crippen molar-refractivity contribution >= 4 is 62.3 Å². The second-order valence-electron chi connectivity index (χ2n) is 12.1. The second kappa shape index (κ2) is 16.3. The van der Waals surface area contributed by atoms with E-state index in [9.17, 15) is 18.0 Å². The van der Waals surface area contributed by atoms with E-state index < -0.39 is 28.5 Å². The summed E-state index contributed by atoms with van der Waals surface area (Å²) < 4.78 is 35.3. The van der Waals surface area contributed by atoms with Gasteiger partial charge in [0, 0.05) is 34.1 Å². The Balaban J connectivity index is 1.62. The first kappa shape index (κ1) is 36.5. The molecule has 0 bridgehead atoms. The Morgan fingerprint density at radius 2 is 1.55 bits per heavy atom. The fourth-order valence-electron chi connectivity index (χ4n) is 5.96. The maximum atomic E-state index is 14.8. The number of nitrogens with zero attached hydrogens (tertiary/aromatic N) is 2. The summed E-state index contributed by atoms with van der Waals surface area (Å²) in [5, 5.41) is 4.12. The van der Waals surface area contributed by atoms with Crippen molar-refractivity contribution in [3.05, 3.63) is 123 Å². The SMILES string of the molecule is COc1ccc(Cl)cc1N(CC(=O)N(Cc1ccc(Cl)cc1Cl)[C@H](Cc1ccccc1)C(=O)NC1CCCC1)S(=O)(=O)c1ccc(C)cc1. The van der Waals surface area contributed by atoms with E-state index in [4.69, 9.17) is 39.5 Å². The fourth-order valence-corrected chi connectivity index (χ4v) is 8.01. The molecule has 5 rings (SSSR count). The number of nitrogens with one attached hydrogen (secondary N) is 1. The summed E-state index contributed by atoms with van der Waals surface area (Å²) in [6, 6.07) is 24.1. The van der Waals surface area contributed by atoms with Crippen molar-refractivity contribution in [3.8, 4) is 5.75 Å². The number of hydrogen-bond acceptors (Lipinski definition) is 5. The van der Waals surface area contributed by atoms with Crippen LogP contribution in [0.15, 0.2) is 95.9 Å². The minimum atomic E-state index is -4.36. The van der Waals surface area contributed by atoms with Crippen LogP contribution in [0.1, 0.15) is 42.4 Å². The number of anilines is 1. The molecule has 12 heteroatoms. The largest absolute Gasteiger partial charge is 0.495 e. The van der Waals surface area contributed by atoms with Crippen LogP contribution in [-0.4, -0.2) is 50.9 Å². The van der Waals surface area contributed by atoms with E-state index in [0.717, 1.165) is 41.1 Å². The number of ether oxygens (including phenoxy) is 1. The van der Waals surface area contributed by atoms with Crippen molar-refractivity contribution in [1.82, 2.24) is 10.2 Å². The number of rotatable bonds is 13. The van der Waals surface area contributed by atoms with Gasteiger partial charge in [-0.2, -0.15) is 0 Å². The highest BCUT2D eigenvalue weighted by Gasteiger charge is 2.36. The quantitative estimate of drug-likeness (QED) is 0.151. The molecule has 1 aliphatic carbocycles. The predicted molar refractivity (Wildman–Crippen MR) is 195 cm³/mol. The van der Waals surface area contributed by atoms with Gasteiger partial charge in [0.2, 0.25) is 11.8 Å². The monoisotopic (exact) mass is 741 g/mol. The zero-order valence-corrected chi connectivity index (χ0v) is 30.3. The van der Waals surface area contributed by atoms with Gasteiger partial charge in [-0.1, -0.05) is 102 Å². The normalized spacial score (nSPS) is 13.9. The number of carbonyl (C=O) groups excluding carboxylic acids is 2. The molecular formula is C37H38Cl3N3O5S. The van der Waals surface area contributed by atoms with Crippen LogP contribution in [0.25, 0.3) is 0 Å². The van der Waals surface area contributed by atoms with E-state index in [1.807, 2.05) is 37.3 Å². The van der Waals surface area contributed by atoms with Crippen LogP contribution in [0.4, 0.5) is 5.69 Å². The molecule has 1 saturated carbocycles. The van der Waals surface area contributed by atoms with Crippen molar-refractivity contribution < 1.29 is 22.7 Å². The molecule has 0 saturated heterocycles. The number of benzene rings is 4. The van der Waals surface area contributed by atoms with Crippen LogP contribution in [0.2, 0.25) is 15.1 Å². The van der Waals surface area contributed by atoms with Gasteiger partial charge in [-0.05, 0) is 73.4 Å². The Morgan fingerprint density at radius 1 is 0.898 bits per heavy atom. The van der Waals surface area contributed by atoms with E-state index in [0.29, 0.717) is 15.6 Å². The molecule has 0 heterocycles. The molecule has 1 atom stereocenters. The number of methoxy groups -OCH3 is 1. The first-order chi connectivity index (χ1) is 23.5. The zero-order chi connectivity index (χ0) is 35.1. The first-order valence-electron chi connectivity index (χ1n) is 16.0. The van der Waals surface area contributed by atoms with Gasteiger partial charge in [0.15, 0.2) is 0 Å². The Hall–Kier alpha value is -3.76. The third kappa shape index (κ3) is 9.08. The lowest BCUT2D eigenvalue weighted by molar-refractivity contribution is -0.140. The smallest absolute Gasteiger partial charge is 0.264 e. The Morgan fingerprint density at radius 3 is 2.20 bits per heavy atom. The minimum Gasteiger partial charge on any atom is -0.495 e. The van der Waals surface area contributed by atoms with Crippen molar-refractivity contribution in [2.75, 3.05) is 18.0 Å². The Labute approximate surface area is 303 Å². The summed E-state index contributed by atoms with van der Waals surface area (Å²) in [7, 11) is -2.95. The molecule has 0 aromatic heterocycles. The number of aryl methyl sites for hydroxylation is 1. The lowest BCUT2D eigenvalue weighted by atomic mass is 10.0. The Bertz CT molecular complexity index is 1890. The summed E-state index contributed by atoms with van der Waals surface area (Å²) in [6.45, 7) is 1.09. The molecule has 1 fully saturated rings. The maximum Gasteiger partial charge on any atom is 0.264 e. The summed E-state index contributed by atoms with van der Waals surface area (Å²) in [6.07, 6.45) is 3.88. The highest BCUT2D eigenvalue weighted by molar-refractivity contribution is 7.92. The van der Waals surface area contributed by atoms with Crippen molar-refractivity contribution in [2.24, 2.45) is 0 Å². The molecule has 258 valence electrons. The zero-order valence-electron chi connectivity index (χ0n) is 27.2. The lowest BCUT2D eigenvalue weighted by Gasteiger charge is -2.34. The van der Waals surface area contributed by atoms with E-state index in [1.165, 1.54) is 36.3 Å². The summed E-state index contributed by atoms with van der Waals surface area (Å²) in [5.74, 6) is -0.770. The van der Waals surface area contributed by atoms with Gasteiger partial charge in [-0.25, -0.2) is 8.42 Å². The lowest BCUT2D eigenvalue weighted by Crippen LogP contribution is -2.54. The van der Waals surface area contributed by atoms with Crippen LogP contribution in [0.5, 0.6) is 5.75 Å². The molecule has 49 heavy (non-hydrogen) atoms. The van der Waals surface area contributed by atoms with Crippen LogP contribution >= 0.6 is 34.8 Å². The van der Waals surface area contributed by atoms with E-state index in [1.54, 1.807) is 36.4 Å². The first-order valence-corrected chi connectivity index (χ1v) is 18.5. The predicted octanol–water partition coefficient (Wildman–Crippen LogP) is 7.86. The number of sulfonamides is 1. The van der Waals surface area contributed by atoms with Crippen molar-refractivity contribution in [1.29, 1.82) is 0 Å². The molecule has 2 amide bonds. The number of amides is 2. The summed E-state index contributed by atoms with van der Waals surface area (Å²) in [4.78, 5) is 30.4. The number of carbonyl (C=O) groups is 2. The van der Waals surface area contributed by atoms with Crippen LogP contribution < -0.4 is 14.4 Å². The average molecular weight is 743 g/mol. The summed E-state index contributed by atoms with van der Waals surface area (Å²) in [5.41, 5.74) is 2.31. The molecular weight excluding hydrogens is 705 g/mol. The van der Waals surface area contributed by atoms with Gasteiger partial charge in [-0.15, -0.1) is 0 Å². The number of halogens is 3. The highest BCUT2D eigenvalue weighted by Crippen LogP contribution is 2.35. The fraction of sp³-hybridized carbons (Fsp3) is 0.297. The van der Waals surface area contributed by atoms with Crippen LogP contribution in [-0.2, 0) is 32.6 Å². The Kier molecular flexibility index (Phi) is 12.1. The molecule has 1 N–H and O–H groups in total.